The monoisotopic (exact) mass is 524 g/mol. The molecule has 0 amide bonds. The van der Waals surface area contributed by atoms with Crippen molar-refractivity contribution < 1.29 is 9.47 Å². The zero-order valence-electron chi connectivity index (χ0n) is 21.1. The average molecular weight is 526 g/mol. The lowest BCUT2D eigenvalue weighted by Crippen LogP contribution is -2.33. The molecule has 34 heavy (non-hydrogen) atoms. The highest BCUT2D eigenvalue weighted by atomic mass is 35.5. The number of ether oxygens (including phenoxy) is 2. The van der Waals surface area contributed by atoms with Gasteiger partial charge in [-0.05, 0) is 30.0 Å². The van der Waals surface area contributed by atoms with E-state index in [0.29, 0.717) is 11.8 Å². The first-order valence-electron chi connectivity index (χ1n) is 13.3. The molecule has 5 heteroatoms. The van der Waals surface area contributed by atoms with Crippen molar-refractivity contribution >= 4 is 34.5 Å². The van der Waals surface area contributed by atoms with Crippen LogP contribution in [0.4, 0.5) is 0 Å². The molecule has 1 aromatic heterocycles. The van der Waals surface area contributed by atoms with Crippen LogP contribution in [-0.4, -0.2) is 13.2 Å². The van der Waals surface area contributed by atoms with Crippen molar-refractivity contribution in [2.75, 3.05) is 13.2 Å². The van der Waals surface area contributed by atoms with E-state index in [1.165, 1.54) is 77.0 Å². The van der Waals surface area contributed by atoms with E-state index in [4.69, 9.17) is 32.7 Å². The van der Waals surface area contributed by atoms with E-state index in [1.807, 2.05) is 0 Å². The number of alkyl halides is 2. The summed E-state index contributed by atoms with van der Waals surface area (Å²) >= 11 is 14.1. The Morgan fingerprint density at radius 2 is 1.47 bits per heavy atom. The number of thiophene rings is 1. The molecule has 1 aromatic carbocycles. The molecule has 3 rings (SSSR count). The van der Waals surface area contributed by atoms with Crippen molar-refractivity contribution in [1.82, 2.24) is 0 Å². The van der Waals surface area contributed by atoms with Crippen LogP contribution in [-0.2, 0) is 11.8 Å². The first kappa shape index (κ1) is 27.7. The third kappa shape index (κ3) is 7.55. The van der Waals surface area contributed by atoms with Gasteiger partial charge in [0.25, 0.3) is 0 Å². The maximum Gasteiger partial charge on any atom is 0.179 e. The van der Waals surface area contributed by atoms with Crippen molar-refractivity contribution in [1.29, 1.82) is 0 Å². The van der Waals surface area contributed by atoms with Crippen LogP contribution in [0.15, 0.2) is 23.6 Å². The SMILES string of the molecule is CCCCCCCC1(CCCCCCC)COc2csc(-c3cc(CCl)ccc3CCl)c2OC1. The molecule has 2 aromatic rings. The number of hydrogen-bond acceptors (Lipinski definition) is 3. The first-order chi connectivity index (χ1) is 16.7. The molecular weight excluding hydrogens is 483 g/mol. The summed E-state index contributed by atoms with van der Waals surface area (Å²) < 4.78 is 13.1. The van der Waals surface area contributed by atoms with Gasteiger partial charge in [-0.1, -0.05) is 90.2 Å². The smallest absolute Gasteiger partial charge is 0.179 e. The molecule has 0 saturated heterocycles. The van der Waals surface area contributed by atoms with Crippen molar-refractivity contribution in [3.05, 3.63) is 34.7 Å². The minimum Gasteiger partial charge on any atom is -0.488 e. The quantitative estimate of drug-likeness (QED) is 0.170. The minimum atomic E-state index is 0.0969. The molecule has 0 unspecified atom stereocenters. The van der Waals surface area contributed by atoms with E-state index in [1.54, 1.807) is 11.3 Å². The molecule has 0 atom stereocenters. The Balaban J connectivity index is 1.76. The first-order valence-corrected chi connectivity index (χ1v) is 15.2. The highest BCUT2D eigenvalue weighted by molar-refractivity contribution is 7.14. The predicted molar refractivity (Wildman–Crippen MR) is 149 cm³/mol. The van der Waals surface area contributed by atoms with Crippen LogP contribution in [0.25, 0.3) is 10.4 Å². The summed E-state index contributed by atoms with van der Waals surface area (Å²) in [5.41, 5.74) is 3.41. The van der Waals surface area contributed by atoms with E-state index in [2.05, 4.69) is 37.4 Å². The molecular formula is C29H42Cl2O2S. The van der Waals surface area contributed by atoms with E-state index >= 15 is 0 Å². The van der Waals surface area contributed by atoms with Gasteiger partial charge in [-0.15, -0.1) is 34.5 Å². The van der Waals surface area contributed by atoms with Crippen molar-refractivity contribution in [3.8, 4) is 21.9 Å². The van der Waals surface area contributed by atoms with Gasteiger partial charge in [0.15, 0.2) is 11.5 Å². The molecule has 2 nitrogen and oxygen atoms in total. The Kier molecular flexibility index (Phi) is 11.9. The number of halogens is 2. The fraction of sp³-hybridized carbons (Fsp3) is 0.655. The van der Waals surface area contributed by atoms with Crippen LogP contribution in [0.5, 0.6) is 11.5 Å². The molecule has 1 aliphatic heterocycles. The topological polar surface area (TPSA) is 18.5 Å². The molecule has 190 valence electrons. The van der Waals surface area contributed by atoms with Crippen molar-refractivity contribution in [3.63, 3.8) is 0 Å². The third-order valence-corrected chi connectivity index (χ3v) is 8.68. The van der Waals surface area contributed by atoms with Crippen LogP contribution < -0.4 is 9.47 Å². The largest absolute Gasteiger partial charge is 0.488 e. The summed E-state index contributed by atoms with van der Waals surface area (Å²) in [6.45, 7) is 6.04. The highest BCUT2D eigenvalue weighted by Gasteiger charge is 2.36. The number of rotatable bonds is 15. The predicted octanol–water partition coefficient (Wildman–Crippen LogP) is 10.4. The van der Waals surface area contributed by atoms with Gasteiger partial charge in [0, 0.05) is 28.1 Å². The normalized spacial score (nSPS) is 14.8. The van der Waals surface area contributed by atoms with Gasteiger partial charge >= 0.3 is 0 Å². The fourth-order valence-corrected chi connectivity index (χ4v) is 6.29. The molecule has 0 spiro atoms. The Hall–Kier alpha value is -0.900. The Morgan fingerprint density at radius 1 is 0.824 bits per heavy atom. The molecule has 0 saturated carbocycles. The zero-order valence-corrected chi connectivity index (χ0v) is 23.4. The average Bonchev–Trinajstić information content (AvgIpc) is 3.19. The highest BCUT2D eigenvalue weighted by Crippen LogP contribution is 2.49. The van der Waals surface area contributed by atoms with E-state index < -0.39 is 0 Å². The fourth-order valence-electron chi connectivity index (χ4n) is 4.91. The van der Waals surface area contributed by atoms with E-state index in [-0.39, 0.29) is 5.41 Å². The van der Waals surface area contributed by atoms with Crippen molar-refractivity contribution in [2.24, 2.45) is 5.41 Å². The van der Waals surface area contributed by atoms with E-state index in [9.17, 15) is 0 Å². The lowest BCUT2D eigenvalue weighted by Gasteiger charge is -2.31. The Morgan fingerprint density at radius 3 is 2.09 bits per heavy atom. The summed E-state index contributed by atoms with van der Waals surface area (Å²) in [5.74, 6) is 2.72. The molecule has 1 aliphatic rings. The van der Waals surface area contributed by atoms with Crippen LogP contribution in [0.2, 0.25) is 0 Å². The van der Waals surface area contributed by atoms with Gasteiger partial charge in [0.05, 0.1) is 18.1 Å². The maximum absolute atomic E-state index is 6.63. The zero-order chi connectivity index (χ0) is 24.2. The summed E-state index contributed by atoms with van der Waals surface area (Å²) in [5, 5.41) is 2.11. The van der Waals surface area contributed by atoms with Gasteiger partial charge in [0.2, 0.25) is 0 Å². The summed E-state index contributed by atoms with van der Waals surface area (Å²) in [7, 11) is 0. The Bertz CT molecular complexity index is 850. The molecule has 0 N–H and O–H groups in total. The standard InChI is InChI=1S/C29H42Cl2O2S/c1-3-5-7-9-11-15-29(16-12-10-8-6-4-2)21-32-26-20-34-28(27(26)33-22-29)25-17-23(18-30)13-14-24(25)19-31/h13-14,17,20H,3-12,15-16,18-19,21-22H2,1-2H3. The minimum absolute atomic E-state index is 0.0969. The van der Waals surface area contributed by atoms with Gasteiger partial charge in [-0.25, -0.2) is 0 Å². The summed E-state index contributed by atoms with van der Waals surface area (Å²) in [4.78, 5) is 1.11. The van der Waals surface area contributed by atoms with Gasteiger partial charge in [-0.2, -0.15) is 0 Å². The van der Waals surface area contributed by atoms with Crippen molar-refractivity contribution in [2.45, 2.75) is 103 Å². The molecule has 2 heterocycles. The van der Waals surface area contributed by atoms with Gasteiger partial charge in [0.1, 0.15) is 0 Å². The van der Waals surface area contributed by atoms with Gasteiger partial charge < -0.3 is 9.47 Å². The van der Waals surface area contributed by atoms with Crippen LogP contribution in [0, 0.1) is 5.41 Å². The number of benzene rings is 1. The number of fused-ring (bicyclic) bond motifs is 1. The van der Waals surface area contributed by atoms with E-state index in [0.717, 1.165) is 46.3 Å². The molecule has 0 aliphatic carbocycles. The second-order valence-corrected chi connectivity index (χ2v) is 11.3. The van der Waals surface area contributed by atoms with Crippen LogP contribution >= 0.6 is 34.5 Å². The lowest BCUT2D eigenvalue weighted by molar-refractivity contribution is 0.0783. The van der Waals surface area contributed by atoms with Crippen LogP contribution in [0.3, 0.4) is 0 Å². The second-order valence-electron chi connectivity index (χ2n) is 9.92. The van der Waals surface area contributed by atoms with Gasteiger partial charge in [-0.3, -0.25) is 0 Å². The molecule has 0 bridgehead atoms. The second kappa shape index (κ2) is 14.6. The number of hydrogen-bond donors (Lipinski definition) is 0. The van der Waals surface area contributed by atoms with Crippen LogP contribution in [0.1, 0.15) is 102 Å². The summed E-state index contributed by atoms with van der Waals surface area (Å²) in [6, 6.07) is 6.29. The third-order valence-electron chi connectivity index (χ3n) is 7.11. The summed E-state index contributed by atoms with van der Waals surface area (Å²) in [6.07, 6.45) is 15.4. The number of unbranched alkanes of at least 4 members (excludes halogenated alkanes) is 8. The Labute approximate surface area is 221 Å². The molecule has 0 radical (unpaired) electrons. The lowest BCUT2D eigenvalue weighted by atomic mass is 9.79. The molecule has 0 fully saturated rings. The maximum atomic E-state index is 6.63.